The Kier molecular flexibility index (Phi) is 4.80. The highest BCUT2D eigenvalue weighted by atomic mass is 16.2. The zero-order valence-corrected chi connectivity index (χ0v) is 11.8. The van der Waals surface area contributed by atoms with Crippen LogP contribution in [0.25, 0.3) is 0 Å². The van der Waals surface area contributed by atoms with Gasteiger partial charge in [0.25, 0.3) is 0 Å². The zero-order valence-electron chi connectivity index (χ0n) is 11.8. The van der Waals surface area contributed by atoms with Gasteiger partial charge in [-0.25, -0.2) is 4.79 Å². The average Bonchev–Trinajstić information content (AvgIpc) is 2.42. The molecule has 1 fully saturated rings. The van der Waals surface area contributed by atoms with Crippen LogP contribution in [0.3, 0.4) is 0 Å². The second kappa shape index (κ2) is 6.57. The molecular weight excluding hydrogens is 238 g/mol. The van der Waals surface area contributed by atoms with Crippen LogP contribution in [0, 0.1) is 6.92 Å². The SMILES string of the molecule is CNCC1CCCCN1C(=O)Nc1ccc(C)cc1. The van der Waals surface area contributed by atoms with Crippen LogP contribution in [-0.4, -0.2) is 37.1 Å². The number of aryl methyl sites for hydroxylation is 1. The van der Waals surface area contributed by atoms with Gasteiger partial charge in [-0.15, -0.1) is 0 Å². The molecule has 1 aliphatic heterocycles. The largest absolute Gasteiger partial charge is 0.322 e. The average molecular weight is 261 g/mol. The van der Waals surface area contributed by atoms with Gasteiger partial charge in [0.15, 0.2) is 0 Å². The third-order valence-corrected chi connectivity index (χ3v) is 3.63. The molecule has 0 aliphatic carbocycles. The van der Waals surface area contributed by atoms with Gasteiger partial charge in [-0.05, 0) is 45.4 Å². The number of hydrogen-bond acceptors (Lipinski definition) is 2. The molecule has 104 valence electrons. The lowest BCUT2D eigenvalue weighted by molar-refractivity contribution is 0.162. The van der Waals surface area contributed by atoms with E-state index in [1.54, 1.807) is 0 Å². The van der Waals surface area contributed by atoms with Crippen molar-refractivity contribution in [2.45, 2.75) is 32.2 Å². The predicted octanol–water partition coefficient (Wildman–Crippen LogP) is 2.60. The van der Waals surface area contributed by atoms with E-state index in [0.29, 0.717) is 6.04 Å². The Morgan fingerprint density at radius 3 is 2.74 bits per heavy atom. The predicted molar refractivity (Wildman–Crippen MR) is 78.5 cm³/mol. The number of amides is 2. The molecule has 4 nitrogen and oxygen atoms in total. The van der Waals surface area contributed by atoms with Gasteiger partial charge in [-0.1, -0.05) is 17.7 Å². The van der Waals surface area contributed by atoms with Gasteiger partial charge < -0.3 is 15.5 Å². The molecule has 0 radical (unpaired) electrons. The summed E-state index contributed by atoms with van der Waals surface area (Å²) in [7, 11) is 1.94. The van der Waals surface area contributed by atoms with Gasteiger partial charge in [0, 0.05) is 24.8 Å². The van der Waals surface area contributed by atoms with Crippen molar-refractivity contribution in [2.24, 2.45) is 0 Å². The second-order valence-corrected chi connectivity index (χ2v) is 5.20. The van der Waals surface area contributed by atoms with Gasteiger partial charge >= 0.3 is 6.03 Å². The molecule has 0 saturated carbocycles. The summed E-state index contributed by atoms with van der Waals surface area (Å²) in [6, 6.07) is 8.25. The number of likely N-dealkylation sites (N-methyl/N-ethyl adjacent to an activating group) is 1. The topological polar surface area (TPSA) is 44.4 Å². The third kappa shape index (κ3) is 3.70. The molecule has 0 bridgehead atoms. The number of likely N-dealkylation sites (tertiary alicyclic amines) is 1. The molecule has 1 saturated heterocycles. The minimum absolute atomic E-state index is 0.0174. The van der Waals surface area contributed by atoms with Gasteiger partial charge in [0.1, 0.15) is 0 Å². The van der Waals surface area contributed by atoms with Crippen molar-refractivity contribution in [3.05, 3.63) is 29.8 Å². The summed E-state index contributed by atoms with van der Waals surface area (Å²) in [5.74, 6) is 0. The first-order valence-corrected chi connectivity index (χ1v) is 6.99. The summed E-state index contributed by atoms with van der Waals surface area (Å²) in [5, 5.41) is 6.16. The van der Waals surface area contributed by atoms with E-state index in [2.05, 4.69) is 10.6 Å². The minimum atomic E-state index is 0.0174. The quantitative estimate of drug-likeness (QED) is 0.878. The van der Waals surface area contributed by atoms with Gasteiger partial charge in [0.05, 0.1) is 0 Å². The number of anilines is 1. The summed E-state index contributed by atoms with van der Waals surface area (Å²) < 4.78 is 0. The molecule has 19 heavy (non-hydrogen) atoms. The number of carbonyl (C=O) groups is 1. The third-order valence-electron chi connectivity index (χ3n) is 3.63. The molecule has 2 rings (SSSR count). The summed E-state index contributed by atoms with van der Waals surface area (Å²) >= 11 is 0. The molecule has 1 aromatic carbocycles. The van der Waals surface area contributed by atoms with Crippen LogP contribution >= 0.6 is 0 Å². The van der Waals surface area contributed by atoms with E-state index in [4.69, 9.17) is 0 Å². The lowest BCUT2D eigenvalue weighted by atomic mass is 10.0. The van der Waals surface area contributed by atoms with Crippen LogP contribution in [0.4, 0.5) is 10.5 Å². The van der Waals surface area contributed by atoms with Crippen molar-refractivity contribution >= 4 is 11.7 Å². The molecule has 2 amide bonds. The summed E-state index contributed by atoms with van der Waals surface area (Å²) in [6.45, 7) is 3.75. The Bertz CT molecular complexity index is 414. The standard InChI is InChI=1S/C15H23N3O/c1-12-6-8-13(9-7-12)17-15(19)18-10-4-3-5-14(18)11-16-2/h6-9,14,16H,3-5,10-11H2,1-2H3,(H,17,19). The smallest absolute Gasteiger partial charge is 0.320 e. The molecule has 1 aliphatic rings. The van der Waals surface area contributed by atoms with E-state index in [1.165, 1.54) is 12.0 Å². The summed E-state index contributed by atoms with van der Waals surface area (Å²) in [6.07, 6.45) is 3.39. The molecule has 1 aromatic rings. The van der Waals surface area contributed by atoms with Crippen molar-refractivity contribution in [1.82, 2.24) is 10.2 Å². The number of hydrogen-bond donors (Lipinski definition) is 2. The van der Waals surface area contributed by atoms with E-state index < -0.39 is 0 Å². The number of nitrogens with zero attached hydrogens (tertiary/aromatic N) is 1. The maximum Gasteiger partial charge on any atom is 0.322 e. The molecule has 0 spiro atoms. The maximum absolute atomic E-state index is 12.3. The van der Waals surface area contributed by atoms with E-state index in [1.807, 2.05) is 43.1 Å². The van der Waals surface area contributed by atoms with Crippen LogP contribution < -0.4 is 10.6 Å². The monoisotopic (exact) mass is 261 g/mol. The highest BCUT2D eigenvalue weighted by Gasteiger charge is 2.25. The first-order chi connectivity index (χ1) is 9.20. The van der Waals surface area contributed by atoms with Crippen molar-refractivity contribution < 1.29 is 4.79 Å². The summed E-state index contributed by atoms with van der Waals surface area (Å²) in [4.78, 5) is 14.3. The minimum Gasteiger partial charge on any atom is -0.320 e. The first kappa shape index (κ1) is 13.9. The zero-order chi connectivity index (χ0) is 13.7. The first-order valence-electron chi connectivity index (χ1n) is 6.99. The van der Waals surface area contributed by atoms with Crippen LogP contribution in [0.2, 0.25) is 0 Å². The Morgan fingerprint density at radius 2 is 2.05 bits per heavy atom. The number of carbonyl (C=O) groups excluding carboxylic acids is 1. The number of nitrogens with one attached hydrogen (secondary N) is 2. The number of piperidine rings is 1. The fraction of sp³-hybridized carbons (Fsp3) is 0.533. The number of benzene rings is 1. The van der Waals surface area contributed by atoms with Crippen molar-refractivity contribution in [1.29, 1.82) is 0 Å². The summed E-state index contributed by atoms with van der Waals surface area (Å²) in [5.41, 5.74) is 2.06. The lowest BCUT2D eigenvalue weighted by Gasteiger charge is -2.35. The van der Waals surface area contributed by atoms with Crippen LogP contribution in [0.15, 0.2) is 24.3 Å². The highest BCUT2D eigenvalue weighted by molar-refractivity contribution is 5.89. The van der Waals surface area contributed by atoms with Crippen LogP contribution in [0.5, 0.6) is 0 Å². The molecular formula is C15H23N3O. The van der Waals surface area contributed by atoms with Crippen molar-refractivity contribution in [2.75, 3.05) is 25.5 Å². The molecule has 1 unspecified atom stereocenters. The van der Waals surface area contributed by atoms with E-state index in [-0.39, 0.29) is 6.03 Å². The van der Waals surface area contributed by atoms with E-state index >= 15 is 0 Å². The molecule has 1 heterocycles. The van der Waals surface area contributed by atoms with Crippen molar-refractivity contribution in [3.63, 3.8) is 0 Å². The van der Waals surface area contributed by atoms with Crippen LogP contribution in [0.1, 0.15) is 24.8 Å². The van der Waals surface area contributed by atoms with E-state index in [0.717, 1.165) is 31.6 Å². The Hall–Kier alpha value is -1.55. The van der Waals surface area contributed by atoms with Gasteiger partial charge in [-0.2, -0.15) is 0 Å². The Morgan fingerprint density at radius 1 is 1.32 bits per heavy atom. The highest BCUT2D eigenvalue weighted by Crippen LogP contribution is 2.18. The lowest BCUT2D eigenvalue weighted by Crippen LogP contribution is -2.49. The normalized spacial score (nSPS) is 19.3. The van der Waals surface area contributed by atoms with Gasteiger partial charge in [-0.3, -0.25) is 0 Å². The van der Waals surface area contributed by atoms with Gasteiger partial charge in [0.2, 0.25) is 0 Å². The number of rotatable bonds is 3. The fourth-order valence-corrected chi connectivity index (χ4v) is 2.55. The molecule has 2 N–H and O–H groups in total. The molecule has 0 aromatic heterocycles. The number of urea groups is 1. The Labute approximate surface area is 115 Å². The fourth-order valence-electron chi connectivity index (χ4n) is 2.55. The molecule has 1 atom stereocenters. The second-order valence-electron chi connectivity index (χ2n) is 5.20. The van der Waals surface area contributed by atoms with Crippen molar-refractivity contribution in [3.8, 4) is 0 Å². The molecule has 4 heteroatoms. The van der Waals surface area contributed by atoms with E-state index in [9.17, 15) is 4.79 Å². The maximum atomic E-state index is 12.3. The van der Waals surface area contributed by atoms with Crippen LogP contribution in [-0.2, 0) is 0 Å². The Balaban J connectivity index is 1.99.